The molecule has 2 aromatic carbocycles. The normalized spacial score (nSPS) is 10.3. The van der Waals surface area contributed by atoms with Gasteiger partial charge in [-0.05, 0) is 26.0 Å². The fourth-order valence-electron chi connectivity index (χ4n) is 2.09. The minimum atomic E-state index is -0.272. The number of phenols is 2. The van der Waals surface area contributed by atoms with E-state index in [0.717, 1.165) is 0 Å². The molecule has 0 unspecified atom stereocenters. The molecule has 20 heavy (non-hydrogen) atoms. The molecule has 0 amide bonds. The van der Waals surface area contributed by atoms with Gasteiger partial charge in [0.1, 0.15) is 11.5 Å². The number of hydrogen-bond donors (Lipinski definition) is 2. The van der Waals surface area contributed by atoms with E-state index in [-0.39, 0.29) is 34.2 Å². The molecule has 2 rings (SSSR count). The van der Waals surface area contributed by atoms with Crippen molar-refractivity contribution in [2.24, 2.45) is 0 Å². The lowest BCUT2D eigenvalue weighted by Gasteiger charge is -2.11. The molecule has 0 fully saturated rings. The van der Waals surface area contributed by atoms with Gasteiger partial charge in [-0.3, -0.25) is 9.59 Å². The molecule has 0 saturated heterocycles. The van der Waals surface area contributed by atoms with Gasteiger partial charge in [0.2, 0.25) is 0 Å². The van der Waals surface area contributed by atoms with Gasteiger partial charge in [-0.25, -0.2) is 0 Å². The zero-order valence-corrected chi connectivity index (χ0v) is 11.2. The van der Waals surface area contributed by atoms with Crippen LogP contribution < -0.4 is 0 Å². The second-order valence-electron chi connectivity index (χ2n) is 4.52. The summed E-state index contributed by atoms with van der Waals surface area (Å²) in [7, 11) is 0. The fraction of sp³-hybridized carbons (Fsp3) is 0.125. The van der Waals surface area contributed by atoms with Crippen LogP contribution in [0.4, 0.5) is 0 Å². The summed E-state index contributed by atoms with van der Waals surface area (Å²) < 4.78 is 0. The summed E-state index contributed by atoms with van der Waals surface area (Å²) in [4.78, 5) is 22.9. The average molecular weight is 270 g/mol. The van der Waals surface area contributed by atoms with Crippen molar-refractivity contribution >= 4 is 11.6 Å². The third kappa shape index (κ3) is 2.28. The molecule has 2 aromatic rings. The average Bonchev–Trinajstić information content (AvgIpc) is 2.39. The molecule has 4 heteroatoms. The highest BCUT2D eigenvalue weighted by Gasteiger charge is 2.17. The second kappa shape index (κ2) is 5.17. The number of aromatic hydroxyl groups is 2. The van der Waals surface area contributed by atoms with Crippen LogP contribution in [-0.4, -0.2) is 21.8 Å². The summed E-state index contributed by atoms with van der Waals surface area (Å²) in [5, 5.41) is 20.3. The lowest BCUT2D eigenvalue weighted by molar-refractivity contribution is 0.100. The lowest BCUT2D eigenvalue weighted by atomic mass is 9.96. The van der Waals surface area contributed by atoms with E-state index >= 15 is 0 Å². The predicted molar refractivity (Wildman–Crippen MR) is 75.2 cm³/mol. The topological polar surface area (TPSA) is 74.6 Å². The first-order valence-electron chi connectivity index (χ1n) is 6.09. The maximum absolute atomic E-state index is 11.4. The Morgan fingerprint density at radius 3 is 1.40 bits per heavy atom. The van der Waals surface area contributed by atoms with Crippen LogP contribution in [0.5, 0.6) is 11.5 Å². The minimum Gasteiger partial charge on any atom is -0.507 e. The van der Waals surface area contributed by atoms with Crippen molar-refractivity contribution in [3.8, 4) is 22.6 Å². The first kappa shape index (κ1) is 13.8. The molecular weight excluding hydrogens is 256 g/mol. The Bertz CT molecular complexity index is 640. The highest BCUT2D eigenvalue weighted by Crippen LogP contribution is 2.38. The van der Waals surface area contributed by atoms with Crippen LogP contribution in [0.3, 0.4) is 0 Å². The van der Waals surface area contributed by atoms with Crippen molar-refractivity contribution in [2.45, 2.75) is 13.8 Å². The van der Waals surface area contributed by atoms with Crippen molar-refractivity contribution in [3.05, 3.63) is 47.5 Å². The van der Waals surface area contributed by atoms with Gasteiger partial charge in [-0.2, -0.15) is 0 Å². The van der Waals surface area contributed by atoms with Gasteiger partial charge in [0.05, 0.1) is 11.1 Å². The Kier molecular flexibility index (Phi) is 3.57. The Hall–Kier alpha value is -2.62. The van der Waals surface area contributed by atoms with Gasteiger partial charge in [0.25, 0.3) is 0 Å². The fourth-order valence-corrected chi connectivity index (χ4v) is 2.09. The highest BCUT2D eigenvalue weighted by atomic mass is 16.3. The number of carbonyl (C=O) groups is 2. The third-order valence-electron chi connectivity index (χ3n) is 3.12. The number of phenolic OH excluding ortho intramolecular Hbond substituents is 2. The lowest BCUT2D eigenvalue weighted by Crippen LogP contribution is -1.96. The Balaban J connectivity index is 2.70. The van der Waals surface area contributed by atoms with E-state index in [0.29, 0.717) is 11.1 Å². The van der Waals surface area contributed by atoms with E-state index in [2.05, 4.69) is 0 Å². The molecule has 0 radical (unpaired) electrons. The van der Waals surface area contributed by atoms with Crippen molar-refractivity contribution < 1.29 is 19.8 Å². The SMILES string of the molecule is CC(=O)c1cccc(-c2cccc(C(C)=O)c2O)c1O. The Morgan fingerprint density at radius 2 is 1.10 bits per heavy atom. The summed E-state index contributed by atoms with van der Waals surface area (Å²) in [6.07, 6.45) is 0. The maximum atomic E-state index is 11.4. The molecule has 2 N–H and O–H groups in total. The number of rotatable bonds is 3. The van der Waals surface area contributed by atoms with Crippen LogP contribution >= 0.6 is 0 Å². The number of benzene rings is 2. The molecular formula is C16H14O4. The molecule has 0 aromatic heterocycles. The van der Waals surface area contributed by atoms with Crippen LogP contribution in [0, 0.1) is 0 Å². The standard InChI is InChI=1S/C16H14O4/c1-9(17)11-5-3-7-13(15(11)19)14-8-4-6-12(10(2)18)16(14)20/h3-8,19-20H,1-2H3. The Labute approximate surface area is 116 Å². The Morgan fingerprint density at radius 1 is 0.750 bits per heavy atom. The number of para-hydroxylation sites is 2. The summed E-state index contributed by atoms with van der Waals surface area (Å²) in [5.41, 5.74) is 0.988. The maximum Gasteiger partial charge on any atom is 0.163 e. The van der Waals surface area contributed by atoms with E-state index in [4.69, 9.17) is 0 Å². The van der Waals surface area contributed by atoms with Crippen molar-refractivity contribution in [1.82, 2.24) is 0 Å². The van der Waals surface area contributed by atoms with Gasteiger partial charge in [-0.1, -0.05) is 24.3 Å². The molecule has 0 spiro atoms. The van der Waals surface area contributed by atoms with Crippen molar-refractivity contribution in [3.63, 3.8) is 0 Å². The molecule has 0 bridgehead atoms. The summed E-state index contributed by atoms with van der Waals surface area (Å²) >= 11 is 0. The molecule has 102 valence electrons. The van der Waals surface area contributed by atoms with Gasteiger partial charge in [0, 0.05) is 11.1 Å². The minimum absolute atomic E-state index is 0.176. The number of Topliss-reactive ketones (excluding diaryl/α,β-unsaturated/α-hetero) is 2. The molecule has 0 saturated carbocycles. The highest BCUT2D eigenvalue weighted by molar-refractivity contribution is 6.02. The number of carbonyl (C=O) groups excluding carboxylic acids is 2. The monoisotopic (exact) mass is 270 g/mol. The molecule has 4 nitrogen and oxygen atoms in total. The van der Waals surface area contributed by atoms with E-state index in [1.165, 1.54) is 26.0 Å². The largest absolute Gasteiger partial charge is 0.507 e. The van der Waals surface area contributed by atoms with Gasteiger partial charge in [0.15, 0.2) is 11.6 Å². The van der Waals surface area contributed by atoms with Gasteiger partial charge < -0.3 is 10.2 Å². The first-order chi connectivity index (χ1) is 9.43. The zero-order chi connectivity index (χ0) is 14.9. The van der Waals surface area contributed by atoms with Crippen LogP contribution in [0.1, 0.15) is 34.6 Å². The quantitative estimate of drug-likeness (QED) is 0.840. The molecule has 0 aliphatic heterocycles. The number of ketones is 2. The molecule has 0 atom stereocenters. The van der Waals surface area contributed by atoms with Crippen LogP contribution in [0.15, 0.2) is 36.4 Å². The smallest absolute Gasteiger partial charge is 0.163 e. The summed E-state index contributed by atoms with van der Waals surface area (Å²) in [5.74, 6) is -0.940. The van der Waals surface area contributed by atoms with Crippen molar-refractivity contribution in [2.75, 3.05) is 0 Å². The molecule has 0 aliphatic rings. The summed E-state index contributed by atoms with van der Waals surface area (Å²) in [6.45, 7) is 2.70. The third-order valence-corrected chi connectivity index (χ3v) is 3.12. The van der Waals surface area contributed by atoms with Gasteiger partial charge in [-0.15, -0.1) is 0 Å². The molecule has 0 aliphatic carbocycles. The van der Waals surface area contributed by atoms with E-state index in [1.807, 2.05) is 0 Å². The van der Waals surface area contributed by atoms with Crippen molar-refractivity contribution in [1.29, 1.82) is 0 Å². The van der Waals surface area contributed by atoms with Gasteiger partial charge >= 0.3 is 0 Å². The zero-order valence-electron chi connectivity index (χ0n) is 11.2. The number of hydrogen-bond acceptors (Lipinski definition) is 4. The van der Waals surface area contributed by atoms with Crippen LogP contribution in [0.2, 0.25) is 0 Å². The van der Waals surface area contributed by atoms with E-state index < -0.39 is 0 Å². The van der Waals surface area contributed by atoms with Crippen LogP contribution in [-0.2, 0) is 0 Å². The van der Waals surface area contributed by atoms with E-state index in [1.54, 1.807) is 24.3 Å². The van der Waals surface area contributed by atoms with Crippen LogP contribution in [0.25, 0.3) is 11.1 Å². The molecule has 0 heterocycles. The second-order valence-corrected chi connectivity index (χ2v) is 4.52. The summed E-state index contributed by atoms with van der Waals surface area (Å²) in [6, 6.07) is 9.42. The first-order valence-corrected chi connectivity index (χ1v) is 6.09. The predicted octanol–water partition coefficient (Wildman–Crippen LogP) is 3.17. The van der Waals surface area contributed by atoms with E-state index in [9.17, 15) is 19.8 Å².